The third-order valence-electron chi connectivity index (χ3n) is 3.83. The van der Waals surface area contributed by atoms with Gasteiger partial charge >= 0.3 is 6.09 Å². The first-order chi connectivity index (χ1) is 14.1. The van der Waals surface area contributed by atoms with E-state index in [0.717, 1.165) is 30.0 Å². The standard InChI is InChI=1S/C14H24N2O3.C9H16N2O/c1-13(2,3)8-10-18-11-7-9-16(15-11)12(17)19-14(4,5)6;1-9(2,3)5-7-12-8-4-6-10-11-8/h7,9H,8,10H2,1-6H3;4,6H,5,7H2,1-3H3,(H,10,11). The Labute approximate surface area is 186 Å². The molecular formula is C23H40N4O4. The smallest absolute Gasteiger partial charge is 0.435 e. The van der Waals surface area contributed by atoms with E-state index in [1.807, 2.05) is 26.8 Å². The number of hydrogen-bond acceptors (Lipinski definition) is 6. The molecule has 8 nitrogen and oxygen atoms in total. The molecule has 0 unspecified atom stereocenters. The van der Waals surface area contributed by atoms with Crippen molar-refractivity contribution in [2.24, 2.45) is 10.8 Å². The topological polar surface area (TPSA) is 91.3 Å². The number of nitrogens with one attached hydrogen (secondary N) is 1. The zero-order chi connectivity index (χ0) is 23.7. The average Bonchev–Trinajstić information content (AvgIpc) is 3.23. The van der Waals surface area contributed by atoms with Crippen molar-refractivity contribution in [1.82, 2.24) is 20.0 Å². The van der Waals surface area contributed by atoms with E-state index < -0.39 is 11.7 Å². The number of ether oxygens (including phenoxy) is 3. The van der Waals surface area contributed by atoms with Crippen LogP contribution in [-0.2, 0) is 4.74 Å². The van der Waals surface area contributed by atoms with Crippen LogP contribution in [0.3, 0.4) is 0 Å². The van der Waals surface area contributed by atoms with E-state index in [-0.39, 0.29) is 5.41 Å². The van der Waals surface area contributed by atoms with Crippen LogP contribution in [0.4, 0.5) is 4.79 Å². The van der Waals surface area contributed by atoms with E-state index in [1.165, 1.54) is 0 Å². The number of carbonyl (C=O) groups is 1. The summed E-state index contributed by atoms with van der Waals surface area (Å²) >= 11 is 0. The minimum absolute atomic E-state index is 0.216. The van der Waals surface area contributed by atoms with Crippen LogP contribution in [-0.4, -0.2) is 44.9 Å². The van der Waals surface area contributed by atoms with E-state index in [9.17, 15) is 4.79 Å². The molecule has 2 aromatic rings. The Bertz CT molecular complexity index is 763. The van der Waals surface area contributed by atoms with Crippen LogP contribution in [0.25, 0.3) is 0 Å². The van der Waals surface area contributed by atoms with E-state index in [4.69, 9.17) is 14.2 Å². The molecule has 0 atom stereocenters. The lowest BCUT2D eigenvalue weighted by molar-refractivity contribution is 0.0511. The molecule has 2 rings (SSSR count). The molecule has 0 fully saturated rings. The summed E-state index contributed by atoms with van der Waals surface area (Å²) in [7, 11) is 0. The summed E-state index contributed by atoms with van der Waals surface area (Å²) in [6.45, 7) is 19.8. The highest BCUT2D eigenvalue weighted by molar-refractivity contribution is 5.69. The van der Waals surface area contributed by atoms with Crippen molar-refractivity contribution in [1.29, 1.82) is 0 Å². The summed E-state index contributed by atoms with van der Waals surface area (Å²) in [6.07, 6.45) is 4.70. The summed E-state index contributed by atoms with van der Waals surface area (Å²) in [5.41, 5.74) is 0.0179. The first-order valence-corrected chi connectivity index (χ1v) is 10.7. The normalized spacial score (nSPS) is 12.0. The maximum absolute atomic E-state index is 11.7. The number of aromatic nitrogens is 4. The highest BCUT2D eigenvalue weighted by atomic mass is 16.6. The molecule has 0 aliphatic rings. The molecule has 8 heteroatoms. The molecule has 0 bridgehead atoms. The van der Waals surface area contributed by atoms with Gasteiger partial charge in [-0.05, 0) is 44.4 Å². The van der Waals surface area contributed by atoms with Crippen LogP contribution >= 0.6 is 0 Å². The minimum Gasteiger partial charge on any atom is -0.478 e. The second-order valence-corrected chi connectivity index (χ2v) is 10.8. The minimum atomic E-state index is -0.531. The Morgan fingerprint density at radius 3 is 2.00 bits per heavy atom. The molecule has 31 heavy (non-hydrogen) atoms. The summed E-state index contributed by atoms with van der Waals surface area (Å²) < 4.78 is 17.3. The van der Waals surface area contributed by atoms with E-state index in [0.29, 0.717) is 17.9 Å². The predicted molar refractivity (Wildman–Crippen MR) is 122 cm³/mol. The van der Waals surface area contributed by atoms with Gasteiger partial charge in [-0.25, -0.2) is 9.89 Å². The fourth-order valence-electron chi connectivity index (χ4n) is 2.05. The number of nitrogens with zero attached hydrogens (tertiary/aromatic N) is 3. The van der Waals surface area contributed by atoms with Gasteiger partial charge in [-0.3, -0.25) is 0 Å². The SMILES string of the molecule is CC(C)(C)CCOc1ccn(C(=O)OC(C)(C)C)n1.CC(C)(C)CCOc1ccn[nH]1. The van der Waals surface area contributed by atoms with Crippen LogP contribution in [0.1, 0.15) is 75.2 Å². The second kappa shape index (κ2) is 11.2. The van der Waals surface area contributed by atoms with Gasteiger partial charge in [0.2, 0.25) is 11.8 Å². The van der Waals surface area contributed by atoms with Crippen molar-refractivity contribution in [3.63, 3.8) is 0 Å². The molecule has 0 aromatic carbocycles. The molecule has 176 valence electrons. The van der Waals surface area contributed by atoms with Crippen molar-refractivity contribution in [2.45, 2.75) is 80.8 Å². The number of carbonyl (C=O) groups excluding carboxylic acids is 1. The van der Waals surface area contributed by atoms with Gasteiger partial charge in [-0.15, -0.1) is 5.10 Å². The number of rotatable bonds is 6. The Morgan fingerprint density at radius 2 is 1.52 bits per heavy atom. The molecule has 1 N–H and O–H groups in total. The van der Waals surface area contributed by atoms with Gasteiger partial charge in [-0.2, -0.15) is 9.78 Å². The maximum atomic E-state index is 11.7. The van der Waals surface area contributed by atoms with Crippen LogP contribution in [0.2, 0.25) is 0 Å². The molecular weight excluding hydrogens is 396 g/mol. The second-order valence-electron chi connectivity index (χ2n) is 10.8. The van der Waals surface area contributed by atoms with Crippen LogP contribution < -0.4 is 9.47 Å². The zero-order valence-electron chi connectivity index (χ0n) is 20.6. The van der Waals surface area contributed by atoms with Crippen molar-refractivity contribution >= 4 is 6.09 Å². The van der Waals surface area contributed by atoms with Gasteiger partial charge in [0.1, 0.15) is 5.60 Å². The van der Waals surface area contributed by atoms with Gasteiger partial charge in [0, 0.05) is 18.3 Å². The Hall–Kier alpha value is -2.51. The first kappa shape index (κ1) is 26.5. The molecule has 2 aromatic heterocycles. The van der Waals surface area contributed by atoms with Gasteiger partial charge in [0.05, 0.1) is 19.4 Å². The molecule has 0 saturated carbocycles. The average molecular weight is 437 g/mol. The number of H-pyrrole nitrogens is 1. The fourth-order valence-corrected chi connectivity index (χ4v) is 2.05. The summed E-state index contributed by atoms with van der Waals surface area (Å²) in [6, 6.07) is 3.48. The van der Waals surface area contributed by atoms with Crippen molar-refractivity contribution < 1.29 is 19.0 Å². The zero-order valence-corrected chi connectivity index (χ0v) is 20.6. The molecule has 0 saturated heterocycles. The first-order valence-electron chi connectivity index (χ1n) is 10.7. The third-order valence-corrected chi connectivity index (χ3v) is 3.83. The molecule has 0 aliphatic carbocycles. The lowest BCUT2D eigenvalue weighted by Crippen LogP contribution is -2.27. The quantitative estimate of drug-likeness (QED) is 0.624. The molecule has 0 aliphatic heterocycles. The lowest BCUT2D eigenvalue weighted by Gasteiger charge is -2.18. The Balaban J connectivity index is 0.000000343. The van der Waals surface area contributed by atoms with E-state index >= 15 is 0 Å². The number of aromatic amines is 1. The van der Waals surface area contributed by atoms with E-state index in [1.54, 1.807) is 18.5 Å². The van der Waals surface area contributed by atoms with Gasteiger partial charge < -0.3 is 14.2 Å². The summed E-state index contributed by atoms with van der Waals surface area (Å²) in [5, 5.41) is 10.6. The molecule has 0 amide bonds. The highest BCUT2D eigenvalue weighted by Crippen LogP contribution is 2.19. The third kappa shape index (κ3) is 13.4. The highest BCUT2D eigenvalue weighted by Gasteiger charge is 2.19. The monoisotopic (exact) mass is 436 g/mol. The Morgan fingerprint density at radius 1 is 0.935 bits per heavy atom. The van der Waals surface area contributed by atoms with Gasteiger partial charge in [-0.1, -0.05) is 41.5 Å². The largest absolute Gasteiger partial charge is 0.478 e. The lowest BCUT2D eigenvalue weighted by atomic mass is 9.93. The fraction of sp³-hybridized carbons (Fsp3) is 0.696. The van der Waals surface area contributed by atoms with Crippen LogP contribution in [0.15, 0.2) is 24.5 Å². The predicted octanol–water partition coefficient (Wildman–Crippen LogP) is 5.71. The Kier molecular flexibility index (Phi) is 9.59. The van der Waals surface area contributed by atoms with Gasteiger partial charge in [0.25, 0.3) is 0 Å². The maximum Gasteiger partial charge on any atom is 0.435 e. The van der Waals surface area contributed by atoms with Crippen molar-refractivity contribution in [3.05, 3.63) is 24.5 Å². The molecule has 0 spiro atoms. The van der Waals surface area contributed by atoms with Crippen LogP contribution in [0.5, 0.6) is 11.8 Å². The van der Waals surface area contributed by atoms with E-state index in [2.05, 4.69) is 56.8 Å². The number of hydrogen-bond donors (Lipinski definition) is 1. The van der Waals surface area contributed by atoms with Crippen molar-refractivity contribution in [2.75, 3.05) is 13.2 Å². The van der Waals surface area contributed by atoms with Crippen molar-refractivity contribution in [3.8, 4) is 11.8 Å². The summed E-state index contributed by atoms with van der Waals surface area (Å²) in [5.74, 6) is 1.19. The molecule has 2 heterocycles. The van der Waals surface area contributed by atoms with Gasteiger partial charge in [0.15, 0.2) is 0 Å². The summed E-state index contributed by atoms with van der Waals surface area (Å²) in [4.78, 5) is 11.7. The molecule has 0 radical (unpaired) electrons. The van der Waals surface area contributed by atoms with Crippen LogP contribution in [0, 0.1) is 10.8 Å².